The first-order valence-corrected chi connectivity index (χ1v) is 7.77. The largest absolute Gasteiger partial charge is 0.444 e. The molecule has 1 aliphatic heterocycles. The summed E-state index contributed by atoms with van der Waals surface area (Å²) in [5.74, 6) is 0. The Morgan fingerprint density at radius 1 is 1.41 bits per heavy atom. The highest BCUT2D eigenvalue weighted by molar-refractivity contribution is 5.68. The molecule has 5 heteroatoms. The molecule has 122 valence electrons. The SMILES string of the molecule is CC(C)(C)OC(=O)N1CCCOC1[C@@H](N)Cc1ccccc1. The zero-order chi connectivity index (χ0) is 16.2. The molecule has 1 aliphatic rings. The van der Waals surface area contributed by atoms with Gasteiger partial charge in [0.2, 0.25) is 0 Å². The van der Waals surface area contributed by atoms with Gasteiger partial charge in [-0.15, -0.1) is 0 Å². The number of nitrogens with two attached hydrogens (primary N) is 1. The zero-order valence-electron chi connectivity index (χ0n) is 13.6. The molecule has 1 aromatic rings. The predicted molar refractivity (Wildman–Crippen MR) is 85.4 cm³/mol. The first-order chi connectivity index (χ1) is 10.4. The van der Waals surface area contributed by atoms with E-state index in [-0.39, 0.29) is 12.1 Å². The van der Waals surface area contributed by atoms with E-state index in [4.69, 9.17) is 15.2 Å². The van der Waals surface area contributed by atoms with E-state index in [9.17, 15) is 4.79 Å². The summed E-state index contributed by atoms with van der Waals surface area (Å²) in [5, 5.41) is 0. The quantitative estimate of drug-likeness (QED) is 0.932. The molecular formula is C17H26N2O3. The van der Waals surface area contributed by atoms with Crippen LogP contribution in [0.1, 0.15) is 32.8 Å². The molecule has 2 N–H and O–H groups in total. The van der Waals surface area contributed by atoms with E-state index in [2.05, 4.69) is 0 Å². The number of amides is 1. The van der Waals surface area contributed by atoms with Crippen LogP contribution in [0.4, 0.5) is 4.79 Å². The van der Waals surface area contributed by atoms with Gasteiger partial charge in [-0.2, -0.15) is 0 Å². The lowest BCUT2D eigenvalue weighted by atomic mass is 10.0. The molecule has 0 bridgehead atoms. The average Bonchev–Trinajstić information content (AvgIpc) is 2.46. The summed E-state index contributed by atoms with van der Waals surface area (Å²) in [6.07, 6.45) is 0.656. The predicted octanol–water partition coefficient (Wildman–Crippen LogP) is 2.54. The third-order valence-corrected chi connectivity index (χ3v) is 3.45. The zero-order valence-corrected chi connectivity index (χ0v) is 13.6. The summed E-state index contributed by atoms with van der Waals surface area (Å²) in [6, 6.07) is 9.71. The van der Waals surface area contributed by atoms with Crippen molar-refractivity contribution in [1.29, 1.82) is 0 Å². The molecule has 0 radical (unpaired) electrons. The van der Waals surface area contributed by atoms with Gasteiger partial charge in [-0.05, 0) is 39.2 Å². The summed E-state index contributed by atoms with van der Waals surface area (Å²) < 4.78 is 11.2. The minimum absolute atomic E-state index is 0.282. The lowest BCUT2D eigenvalue weighted by Gasteiger charge is -2.39. The van der Waals surface area contributed by atoms with Crippen molar-refractivity contribution in [3.05, 3.63) is 35.9 Å². The van der Waals surface area contributed by atoms with E-state index < -0.39 is 11.8 Å². The molecule has 22 heavy (non-hydrogen) atoms. The molecule has 1 fully saturated rings. The van der Waals surface area contributed by atoms with E-state index in [0.717, 1.165) is 12.0 Å². The summed E-state index contributed by atoms with van der Waals surface area (Å²) in [5.41, 5.74) is 6.91. The molecule has 5 nitrogen and oxygen atoms in total. The molecular weight excluding hydrogens is 280 g/mol. The van der Waals surface area contributed by atoms with Crippen molar-refractivity contribution in [2.45, 2.75) is 51.5 Å². The van der Waals surface area contributed by atoms with Gasteiger partial charge in [-0.3, -0.25) is 4.90 Å². The van der Waals surface area contributed by atoms with Crippen LogP contribution in [0.15, 0.2) is 30.3 Å². The van der Waals surface area contributed by atoms with Crippen LogP contribution in [0.25, 0.3) is 0 Å². The third kappa shape index (κ3) is 4.71. The van der Waals surface area contributed by atoms with Gasteiger partial charge in [0.1, 0.15) is 5.60 Å². The molecule has 1 aromatic carbocycles. The summed E-state index contributed by atoms with van der Waals surface area (Å²) in [4.78, 5) is 14.0. The maximum Gasteiger partial charge on any atom is 0.412 e. The maximum absolute atomic E-state index is 12.3. The van der Waals surface area contributed by atoms with Gasteiger partial charge < -0.3 is 15.2 Å². The van der Waals surface area contributed by atoms with Crippen LogP contribution in [-0.2, 0) is 15.9 Å². The van der Waals surface area contributed by atoms with Crippen LogP contribution < -0.4 is 5.73 Å². The Balaban J connectivity index is 2.04. The number of rotatable bonds is 3. The fraction of sp³-hybridized carbons (Fsp3) is 0.588. The summed E-state index contributed by atoms with van der Waals surface area (Å²) in [6.45, 7) is 6.80. The molecule has 1 saturated heterocycles. The highest BCUT2D eigenvalue weighted by Crippen LogP contribution is 2.19. The van der Waals surface area contributed by atoms with Crippen molar-refractivity contribution in [1.82, 2.24) is 4.90 Å². The smallest absolute Gasteiger partial charge is 0.412 e. The highest BCUT2D eigenvalue weighted by Gasteiger charge is 2.34. The number of hydrogen-bond acceptors (Lipinski definition) is 4. The number of ether oxygens (including phenoxy) is 2. The fourth-order valence-electron chi connectivity index (χ4n) is 2.51. The van der Waals surface area contributed by atoms with Crippen LogP contribution >= 0.6 is 0 Å². The highest BCUT2D eigenvalue weighted by atomic mass is 16.6. The van der Waals surface area contributed by atoms with Gasteiger partial charge in [0.05, 0.1) is 12.6 Å². The van der Waals surface area contributed by atoms with Gasteiger partial charge in [-0.1, -0.05) is 30.3 Å². The summed E-state index contributed by atoms with van der Waals surface area (Å²) >= 11 is 0. The maximum atomic E-state index is 12.3. The van der Waals surface area contributed by atoms with E-state index in [0.29, 0.717) is 19.6 Å². The van der Waals surface area contributed by atoms with Crippen molar-refractivity contribution in [3.63, 3.8) is 0 Å². The number of carbonyl (C=O) groups is 1. The van der Waals surface area contributed by atoms with E-state index in [1.807, 2.05) is 51.1 Å². The first-order valence-electron chi connectivity index (χ1n) is 7.77. The minimum Gasteiger partial charge on any atom is -0.444 e. The standard InChI is InChI=1S/C17H26N2O3/c1-17(2,3)22-16(20)19-10-7-11-21-15(19)14(18)12-13-8-5-4-6-9-13/h4-6,8-9,14-15H,7,10-12,18H2,1-3H3/t14-,15?/m0/s1. The van der Waals surface area contributed by atoms with Gasteiger partial charge in [0, 0.05) is 6.54 Å². The van der Waals surface area contributed by atoms with Crippen molar-refractivity contribution in [2.24, 2.45) is 5.73 Å². The Bertz CT molecular complexity index is 484. The molecule has 2 atom stereocenters. The summed E-state index contributed by atoms with van der Waals surface area (Å²) in [7, 11) is 0. The number of benzene rings is 1. The van der Waals surface area contributed by atoms with Crippen LogP contribution in [0.5, 0.6) is 0 Å². The lowest BCUT2D eigenvalue weighted by molar-refractivity contribution is -0.106. The minimum atomic E-state index is -0.525. The fourth-order valence-corrected chi connectivity index (χ4v) is 2.51. The van der Waals surface area contributed by atoms with Crippen molar-refractivity contribution < 1.29 is 14.3 Å². The van der Waals surface area contributed by atoms with Crippen LogP contribution in [0.2, 0.25) is 0 Å². The monoisotopic (exact) mass is 306 g/mol. The Morgan fingerprint density at radius 2 is 2.09 bits per heavy atom. The van der Waals surface area contributed by atoms with Gasteiger partial charge in [0.25, 0.3) is 0 Å². The van der Waals surface area contributed by atoms with Crippen molar-refractivity contribution in [3.8, 4) is 0 Å². The second-order valence-corrected chi connectivity index (χ2v) is 6.64. The Kier molecular flexibility index (Phi) is 5.42. The Hall–Kier alpha value is -1.59. The average molecular weight is 306 g/mol. The number of hydrogen-bond donors (Lipinski definition) is 1. The van der Waals surface area contributed by atoms with Gasteiger partial charge in [-0.25, -0.2) is 4.79 Å². The second-order valence-electron chi connectivity index (χ2n) is 6.64. The molecule has 0 aliphatic carbocycles. The molecule has 0 saturated carbocycles. The van der Waals surface area contributed by atoms with Gasteiger partial charge in [0.15, 0.2) is 6.23 Å². The molecule has 1 unspecified atom stereocenters. The molecule has 0 aromatic heterocycles. The van der Waals surface area contributed by atoms with Crippen molar-refractivity contribution in [2.75, 3.05) is 13.2 Å². The second kappa shape index (κ2) is 7.11. The number of nitrogens with zero attached hydrogens (tertiary/aromatic N) is 1. The molecule has 1 amide bonds. The molecule has 0 spiro atoms. The van der Waals surface area contributed by atoms with E-state index in [1.165, 1.54) is 0 Å². The Morgan fingerprint density at radius 3 is 2.73 bits per heavy atom. The van der Waals surface area contributed by atoms with Gasteiger partial charge >= 0.3 is 6.09 Å². The van der Waals surface area contributed by atoms with Crippen LogP contribution in [0, 0.1) is 0 Å². The van der Waals surface area contributed by atoms with Crippen LogP contribution in [-0.4, -0.2) is 42.0 Å². The normalized spacial score (nSPS) is 20.5. The van der Waals surface area contributed by atoms with Crippen LogP contribution in [0.3, 0.4) is 0 Å². The third-order valence-electron chi connectivity index (χ3n) is 3.45. The van der Waals surface area contributed by atoms with E-state index >= 15 is 0 Å². The topological polar surface area (TPSA) is 64.8 Å². The van der Waals surface area contributed by atoms with Crippen molar-refractivity contribution >= 4 is 6.09 Å². The molecule has 2 rings (SSSR count). The molecule has 1 heterocycles. The Labute approximate surface area is 132 Å². The van der Waals surface area contributed by atoms with E-state index in [1.54, 1.807) is 4.90 Å². The number of carbonyl (C=O) groups excluding carboxylic acids is 1. The lowest BCUT2D eigenvalue weighted by Crippen LogP contribution is -2.56. The first kappa shape index (κ1) is 16.8.